The van der Waals surface area contributed by atoms with Crippen LogP contribution in [0.5, 0.6) is 0 Å². The van der Waals surface area contributed by atoms with Gasteiger partial charge < -0.3 is 39.9 Å². The van der Waals surface area contributed by atoms with Crippen LogP contribution in [0.15, 0.2) is 0 Å². The fraction of sp³-hybridized carbons (Fsp3) is 0.950. The molecule has 0 aromatic rings. The first-order valence-electron chi connectivity index (χ1n) is 21.3. The van der Waals surface area contributed by atoms with E-state index in [0.29, 0.717) is 12.8 Å². The van der Waals surface area contributed by atoms with Gasteiger partial charge in [-0.1, -0.05) is 162 Å². The van der Waals surface area contributed by atoms with E-state index in [4.69, 9.17) is 18.5 Å². The summed E-state index contributed by atoms with van der Waals surface area (Å²) < 4.78 is 33.1. The molecule has 0 bridgehead atoms. The summed E-state index contributed by atoms with van der Waals surface area (Å²) in [5.74, 6) is -1.12. The monoisotopic (exact) mass is 797 g/mol. The van der Waals surface area contributed by atoms with Gasteiger partial charge in [-0.3, -0.25) is 18.6 Å². The molecule has 1 aliphatic rings. The second kappa shape index (κ2) is 31.9. The van der Waals surface area contributed by atoms with Crippen molar-refractivity contribution in [3.05, 3.63) is 0 Å². The predicted molar refractivity (Wildman–Crippen MR) is 208 cm³/mol. The summed E-state index contributed by atoms with van der Waals surface area (Å²) in [5, 5.41) is 49.8. The maximum absolute atomic E-state index is 12.7. The Balaban J connectivity index is 2.26. The van der Waals surface area contributed by atoms with Gasteiger partial charge in [-0.15, -0.1) is 0 Å². The zero-order valence-corrected chi connectivity index (χ0v) is 34.4. The third-order valence-corrected chi connectivity index (χ3v) is 11.2. The summed E-state index contributed by atoms with van der Waals surface area (Å²) in [7, 11) is -5.09. The Bertz CT molecular complexity index is 969. The van der Waals surface area contributed by atoms with Crippen molar-refractivity contribution in [1.82, 2.24) is 0 Å². The lowest BCUT2D eigenvalue weighted by Gasteiger charge is -2.41. The third-order valence-electron chi connectivity index (χ3n) is 10.2. The van der Waals surface area contributed by atoms with Crippen molar-refractivity contribution < 1.29 is 63.1 Å². The van der Waals surface area contributed by atoms with Crippen LogP contribution in [0, 0.1) is 0 Å². The molecule has 0 aromatic heterocycles. The third kappa shape index (κ3) is 24.5. The average molecular weight is 797 g/mol. The van der Waals surface area contributed by atoms with Crippen LogP contribution in [0.1, 0.15) is 187 Å². The van der Waals surface area contributed by atoms with Gasteiger partial charge in [0.15, 0.2) is 6.10 Å². The highest BCUT2D eigenvalue weighted by atomic mass is 31.2. The Morgan fingerprint density at radius 3 is 1.26 bits per heavy atom. The normalized spacial score (nSPS) is 23.2. The van der Waals surface area contributed by atoms with Crippen LogP contribution in [-0.2, 0) is 32.7 Å². The summed E-state index contributed by atoms with van der Waals surface area (Å²) in [5.41, 5.74) is 0. The fourth-order valence-corrected chi connectivity index (χ4v) is 7.67. The minimum atomic E-state index is -5.09. The van der Waals surface area contributed by atoms with E-state index in [1.807, 2.05) is 6.92 Å². The van der Waals surface area contributed by atoms with Gasteiger partial charge in [0.05, 0.1) is 6.61 Å². The Labute approximate surface area is 325 Å². The van der Waals surface area contributed by atoms with E-state index in [-0.39, 0.29) is 12.8 Å². The number of carbonyl (C=O) groups is 2. The van der Waals surface area contributed by atoms with Crippen molar-refractivity contribution in [2.24, 2.45) is 0 Å². The molecule has 6 atom stereocenters. The molecule has 1 saturated carbocycles. The van der Waals surface area contributed by atoms with Crippen molar-refractivity contribution in [2.75, 3.05) is 13.2 Å². The quantitative estimate of drug-likeness (QED) is 0.0211. The Kier molecular flexibility index (Phi) is 30.0. The molecule has 1 fully saturated rings. The zero-order chi connectivity index (χ0) is 40.0. The van der Waals surface area contributed by atoms with Gasteiger partial charge in [0, 0.05) is 12.8 Å². The zero-order valence-electron chi connectivity index (χ0n) is 33.5. The SMILES string of the molecule is CCCCCCCCCCCCCCCCCCCCCCCCC(=O)OC(COC(=O)CCCCC)COP(=O)(O)OC1C(O)C(O)C(O)C(O)C1O. The molecule has 0 aliphatic heterocycles. The molecular weight excluding hydrogens is 719 g/mol. The van der Waals surface area contributed by atoms with Crippen LogP contribution in [0.3, 0.4) is 0 Å². The molecule has 0 radical (unpaired) electrons. The molecule has 13 nitrogen and oxygen atoms in total. The van der Waals surface area contributed by atoms with Gasteiger partial charge in [0.25, 0.3) is 0 Å². The maximum Gasteiger partial charge on any atom is 0.472 e. The topological polar surface area (TPSA) is 210 Å². The van der Waals surface area contributed by atoms with Gasteiger partial charge >= 0.3 is 19.8 Å². The lowest BCUT2D eigenvalue weighted by atomic mass is 9.85. The molecule has 6 unspecified atom stereocenters. The largest absolute Gasteiger partial charge is 0.472 e. The maximum atomic E-state index is 12.7. The van der Waals surface area contributed by atoms with Crippen LogP contribution >= 0.6 is 7.82 Å². The lowest BCUT2D eigenvalue weighted by molar-refractivity contribution is -0.220. The van der Waals surface area contributed by atoms with Crippen LogP contribution in [-0.4, -0.2) is 98.3 Å². The van der Waals surface area contributed by atoms with Gasteiger partial charge in [0.1, 0.15) is 43.2 Å². The van der Waals surface area contributed by atoms with Gasteiger partial charge in [-0.25, -0.2) is 4.57 Å². The summed E-state index contributed by atoms with van der Waals surface area (Å²) >= 11 is 0. The highest BCUT2D eigenvalue weighted by Gasteiger charge is 2.51. The van der Waals surface area contributed by atoms with Gasteiger partial charge in [0.2, 0.25) is 0 Å². The molecule has 320 valence electrons. The second-order valence-electron chi connectivity index (χ2n) is 15.2. The van der Waals surface area contributed by atoms with Crippen molar-refractivity contribution >= 4 is 19.8 Å². The fourth-order valence-electron chi connectivity index (χ4n) is 6.70. The first-order chi connectivity index (χ1) is 25.9. The molecule has 0 saturated heterocycles. The number of phosphoric ester groups is 1. The predicted octanol–water partition coefficient (Wildman–Crippen LogP) is 7.33. The summed E-state index contributed by atoms with van der Waals surface area (Å²) in [6.45, 7) is 3.09. The van der Waals surface area contributed by atoms with Crippen molar-refractivity contribution in [2.45, 2.75) is 230 Å². The molecule has 0 amide bonds. The van der Waals surface area contributed by atoms with Crippen molar-refractivity contribution in [3.8, 4) is 0 Å². The molecule has 6 N–H and O–H groups in total. The van der Waals surface area contributed by atoms with Crippen LogP contribution in [0.2, 0.25) is 0 Å². The van der Waals surface area contributed by atoms with Gasteiger partial charge in [-0.05, 0) is 12.8 Å². The van der Waals surface area contributed by atoms with E-state index in [1.165, 1.54) is 116 Å². The average Bonchev–Trinajstić information content (AvgIpc) is 3.15. The number of hydrogen-bond donors (Lipinski definition) is 6. The standard InChI is InChI=1S/C40H77O13P/c1-3-5-7-8-9-10-11-12-13-14-15-16-17-18-19-20-21-22-23-24-25-27-29-34(42)52-32(30-50-33(41)28-26-6-4-2)31-51-54(48,49)53-40-38(46)36(44)35(43)37(45)39(40)47/h32,35-40,43-47H,3-31H2,1-2H3,(H,48,49). The number of ether oxygens (including phenoxy) is 2. The first kappa shape index (κ1) is 50.9. The van der Waals surface area contributed by atoms with Crippen molar-refractivity contribution in [1.29, 1.82) is 0 Å². The molecule has 0 heterocycles. The number of aliphatic hydroxyl groups excluding tert-OH is 5. The number of aliphatic hydroxyl groups is 5. The molecule has 14 heteroatoms. The molecule has 54 heavy (non-hydrogen) atoms. The number of phosphoric acid groups is 1. The second-order valence-corrected chi connectivity index (χ2v) is 16.6. The Hall–Kier alpha value is -1.15. The van der Waals surface area contributed by atoms with E-state index in [2.05, 4.69) is 6.92 Å². The first-order valence-corrected chi connectivity index (χ1v) is 22.8. The van der Waals surface area contributed by atoms with Gasteiger partial charge in [-0.2, -0.15) is 0 Å². The molecule has 1 rings (SSSR count). The number of rotatable bonds is 35. The van der Waals surface area contributed by atoms with E-state index in [0.717, 1.165) is 32.1 Å². The van der Waals surface area contributed by atoms with E-state index in [1.54, 1.807) is 0 Å². The minimum absolute atomic E-state index is 0.103. The molecule has 0 spiro atoms. The lowest BCUT2D eigenvalue weighted by Crippen LogP contribution is -2.64. The van der Waals surface area contributed by atoms with Crippen LogP contribution < -0.4 is 0 Å². The summed E-state index contributed by atoms with van der Waals surface area (Å²) in [6.07, 6.45) is 17.2. The summed E-state index contributed by atoms with van der Waals surface area (Å²) in [6, 6.07) is 0. The van der Waals surface area contributed by atoms with E-state index < -0.39 is 75.7 Å². The molecule has 1 aliphatic carbocycles. The Morgan fingerprint density at radius 1 is 0.500 bits per heavy atom. The van der Waals surface area contributed by atoms with Crippen molar-refractivity contribution in [3.63, 3.8) is 0 Å². The van der Waals surface area contributed by atoms with Crippen LogP contribution in [0.4, 0.5) is 0 Å². The van der Waals surface area contributed by atoms with E-state index >= 15 is 0 Å². The highest BCUT2D eigenvalue weighted by molar-refractivity contribution is 7.47. The minimum Gasteiger partial charge on any atom is -0.462 e. The molecule has 0 aromatic carbocycles. The smallest absolute Gasteiger partial charge is 0.462 e. The number of esters is 2. The van der Waals surface area contributed by atoms with Crippen LogP contribution in [0.25, 0.3) is 0 Å². The highest BCUT2D eigenvalue weighted by Crippen LogP contribution is 2.47. The molecular formula is C40H77O13P. The number of hydrogen-bond acceptors (Lipinski definition) is 12. The Morgan fingerprint density at radius 2 is 0.833 bits per heavy atom. The number of carbonyl (C=O) groups excluding carboxylic acids is 2. The summed E-state index contributed by atoms with van der Waals surface area (Å²) in [4.78, 5) is 35.0. The number of unbranched alkanes of at least 4 members (excludes halogenated alkanes) is 23. The van der Waals surface area contributed by atoms with E-state index in [9.17, 15) is 44.6 Å².